The quantitative estimate of drug-likeness (QED) is 0.725. The summed E-state index contributed by atoms with van der Waals surface area (Å²) >= 11 is 0. The van der Waals surface area contributed by atoms with Crippen LogP contribution in [0.4, 0.5) is 15.8 Å². The van der Waals surface area contributed by atoms with Crippen LogP contribution in [0.1, 0.15) is 16.1 Å². The number of benzene rings is 2. The molecule has 29 heavy (non-hydrogen) atoms. The van der Waals surface area contributed by atoms with Crippen molar-refractivity contribution in [1.82, 2.24) is 10.3 Å². The molecule has 1 aliphatic heterocycles. The summed E-state index contributed by atoms with van der Waals surface area (Å²) in [5, 5.41) is 2.89. The molecular formula is C23H23FN4O. The average Bonchev–Trinajstić information content (AvgIpc) is 2.79. The van der Waals surface area contributed by atoms with Gasteiger partial charge in [0, 0.05) is 32.7 Å². The molecule has 6 heteroatoms. The second-order valence-electron chi connectivity index (χ2n) is 7.00. The number of hydrogen-bond acceptors (Lipinski definition) is 4. The Kier molecular flexibility index (Phi) is 5.70. The van der Waals surface area contributed by atoms with Crippen LogP contribution < -0.4 is 15.1 Å². The van der Waals surface area contributed by atoms with Gasteiger partial charge < -0.3 is 15.1 Å². The van der Waals surface area contributed by atoms with Crippen molar-refractivity contribution in [3.05, 3.63) is 90.0 Å². The average molecular weight is 390 g/mol. The van der Waals surface area contributed by atoms with E-state index < -0.39 is 0 Å². The van der Waals surface area contributed by atoms with Gasteiger partial charge in [0.15, 0.2) is 0 Å². The van der Waals surface area contributed by atoms with Crippen molar-refractivity contribution >= 4 is 17.3 Å². The Balaban J connectivity index is 1.32. The Hall–Kier alpha value is -3.41. The number of para-hydroxylation sites is 1. The summed E-state index contributed by atoms with van der Waals surface area (Å²) in [4.78, 5) is 20.9. The molecule has 0 radical (unpaired) electrons. The molecule has 1 aromatic heterocycles. The van der Waals surface area contributed by atoms with E-state index in [1.807, 2.05) is 48.5 Å². The molecular weight excluding hydrogens is 367 g/mol. The topological polar surface area (TPSA) is 48.5 Å². The molecule has 0 unspecified atom stereocenters. The third kappa shape index (κ3) is 4.54. The number of hydrogen-bond donors (Lipinski definition) is 1. The monoisotopic (exact) mass is 390 g/mol. The first kappa shape index (κ1) is 18.9. The minimum Gasteiger partial charge on any atom is -0.367 e. The summed E-state index contributed by atoms with van der Waals surface area (Å²) in [6, 6.07) is 20.3. The van der Waals surface area contributed by atoms with Crippen molar-refractivity contribution < 1.29 is 9.18 Å². The van der Waals surface area contributed by atoms with Crippen molar-refractivity contribution in [3.63, 3.8) is 0 Å². The number of piperazine rings is 1. The van der Waals surface area contributed by atoms with Crippen molar-refractivity contribution in [2.75, 3.05) is 36.0 Å². The van der Waals surface area contributed by atoms with Gasteiger partial charge in [0.05, 0.1) is 17.6 Å². The minimum atomic E-state index is -0.190. The number of anilines is 2. The first-order valence-electron chi connectivity index (χ1n) is 9.73. The molecule has 0 bridgehead atoms. The van der Waals surface area contributed by atoms with Crippen LogP contribution in [-0.4, -0.2) is 37.1 Å². The third-order valence-electron chi connectivity index (χ3n) is 5.11. The summed E-state index contributed by atoms with van der Waals surface area (Å²) in [5.74, 6) is -0.377. The largest absolute Gasteiger partial charge is 0.367 e. The van der Waals surface area contributed by atoms with Gasteiger partial charge >= 0.3 is 0 Å². The molecule has 1 fully saturated rings. The molecule has 1 aliphatic rings. The minimum absolute atomic E-state index is 0.187. The number of pyridine rings is 1. The standard InChI is InChI=1S/C23H23FN4O/c24-20-8-4-5-9-22(20)28-14-12-27(13-15-28)19-10-11-21(25-17-19)23(29)26-16-18-6-2-1-3-7-18/h1-11,17H,12-16H2,(H,26,29). The third-order valence-corrected chi connectivity index (χ3v) is 5.11. The van der Waals surface area contributed by atoms with Crippen LogP contribution in [0.15, 0.2) is 72.9 Å². The van der Waals surface area contributed by atoms with Crippen molar-refractivity contribution in [1.29, 1.82) is 0 Å². The number of rotatable bonds is 5. The van der Waals surface area contributed by atoms with Gasteiger partial charge in [-0.15, -0.1) is 0 Å². The van der Waals surface area contributed by atoms with Gasteiger partial charge in [-0.2, -0.15) is 0 Å². The Labute approximate surface area is 169 Å². The highest BCUT2D eigenvalue weighted by Crippen LogP contribution is 2.22. The highest BCUT2D eigenvalue weighted by Gasteiger charge is 2.20. The van der Waals surface area contributed by atoms with Crippen LogP contribution >= 0.6 is 0 Å². The number of carbonyl (C=O) groups excluding carboxylic acids is 1. The van der Waals surface area contributed by atoms with Gasteiger partial charge in [0.2, 0.25) is 0 Å². The summed E-state index contributed by atoms with van der Waals surface area (Å²) in [6.07, 6.45) is 1.73. The van der Waals surface area contributed by atoms with E-state index in [9.17, 15) is 9.18 Å². The van der Waals surface area contributed by atoms with E-state index in [4.69, 9.17) is 0 Å². The predicted molar refractivity (Wildman–Crippen MR) is 113 cm³/mol. The lowest BCUT2D eigenvalue weighted by atomic mass is 10.2. The van der Waals surface area contributed by atoms with Gasteiger partial charge in [-0.1, -0.05) is 42.5 Å². The van der Waals surface area contributed by atoms with Crippen molar-refractivity contribution in [3.8, 4) is 0 Å². The molecule has 0 atom stereocenters. The molecule has 148 valence electrons. The number of nitrogens with zero attached hydrogens (tertiary/aromatic N) is 3. The normalized spacial score (nSPS) is 14.0. The summed E-state index contributed by atoms with van der Waals surface area (Å²) in [5.41, 5.74) is 3.06. The van der Waals surface area contributed by atoms with E-state index in [1.165, 1.54) is 6.07 Å². The van der Waals surface area contributed by atoms with Crippen LogP contribution in [0.3, 0.4) is 0 Å². The fourth-order valence-electron chi connectivity index (χ4n) is 3.49. The zero-order chi connectivity index (χ0) is 20.1. The lowest BCUT2D eigenvalue weighted by molar-refractivity contribution is 0.0946. The molecule has 5 nitrogen and oxygen atoms in total. The summed E-state index contributed by atoms with van der Waals surface area (Å²) in [6.45, 7) is 3.49. The fourth-order valence-corrected chi connectivity index (χ4v) is 3.49. The lowest BCUT2D eigenvalue weighted by Gasteiger charge is -2.37. The molecule has 2 heterocycles. The molecule has 1 N–H and O–H groups in total. The van der Waals surface area contributed by atoms with Crippen molar-refractivity contribution in [2.24, 2.45) is 0 Å². The Morgan fingerprint density at radius 2 is 1.59 bits per heavy atom. The number of amides is 1. The van der Waals surface area contributed by atoms with Gasteiger partial charge in [-0.25, -0.2) is 9.37 Å². The molecule has 1 amide bonds. The second-order valence-corrected chi connectivity index (χ2v) is 7.00. The molecule has 0 saturated carbocycles. The molecule has 3 aromatic rings. The van der Waals surface area contributed by atoms with Gasteiger partial charge in [-0.05, 0) is 29.8 Å². The van der Waals surface area contributed by atoms with Crippen molar-refractivity contribution in [2.45, 2.75) is 6.54 Å². The maximum absolute atomic E-state index is 14.0. The maximum atomic E-state index is 14.0. The van der Waals surface area contributed by atoms with Crippen LogP contribution in [-0.2, 0) is 6.54 Å². The Morgan fingerprint density at radius 1 is 0.897 bits per heavy atom. The molecule has 4 rings (SSSR count). The first-order valence-corrected chi connectivity index (χ1v) is 9.73. The predicted octanol–water partition coefficient (Wildman–Crippen LogP) is 3.48. The van der Waals surface area contributed by atoms with E-state index in [0.717, 1.165) is 37.4 Å². The highest BCUT2D eigenvalue weighted by molar-refractivity contribution is 5.92. The van der Waals surface area contributed by atoms with Crippen LogP contribution in [0, 0.1) is 5.82 Å². The Bertz CT molecular complexity index is 954. The molecule has 0 aliphatic carbocycles. The summed E-state index contributed by atoms with van der Waals surface area (Å²) < 4.78 is 14.0. The zero-order valence-corrected chi connectivity index (χ0v) is 16.1. The lowest BCUT2D eigenvalue weighted by Crippen LogP contribution is -2.46. The van der Waals surface area contributed by atoms with E-state index in [0.29, 0.717) is 17.9 Å². The SMILES string of the molecule is O=C(NCc1ccccc1)c1ccc(N2CCN(c3ccccc3F)CC2)cn1. The van der Waals surface area contributed by atoms with Crippen LogP contribution in [0.25, 0.3) is 0 Å². The molecule has 2 aromatic carbocycles. The van der Waals surface area contributed by atoms with Gasteiger partial charge in [-0.3, -0.25) is 4.79 Å². The number of nitrogens with one attached hydrogen (secondary N) is 1. The molecule has 1 saturated heterocycles. The maximum Gasteiger partial charge on any atom is 0.270 e. The molecule has 0 spiro atoms. The summed E-state index contributed by atoms with van der Waals surface area (Å²) in [7, 11) is 0. The second kappa shape index (κ2) is 8.73. The number of halogens is 1. The van der Waals surface area contributed by atoms with E-state index >= 15 is 0 Å². The number of carbonyl (C=O) groups is 1. The van der Waals surface area contributed by atoms with E-state index in [2.05, 4.69) is 20.1 Å². The van der Waals surface area contributed by atoms with Crippen LogP contribution in [0.2, 0.25) is 0 Å². The van der Waals surface area contributed by atoms with Gasteiger partial charge in [0.1, 0.15) is 11.5 Å². The first-order chi connectivity index (χ1) is 14.2. The zero-order valence-electron chi connectivity index (χ0n) is 16.1. The smallest absolute Gasteiger partial charge is 0.270 e. The highest BCUT2D eigenvalue weighted by atomic mass is 19.1. The van der Waals surface area contributed by atoms with Gasteiger partial charge in [0.25, 0.3) is 5.91 Å². The fraction of sp³-hybridized carbons (Fsp3) is 0.217. The van der Waals surface area contributed by atoms with E-state index in [1.54, 1.807) is 18.3 Å². The number of aromatic nitrogens is 1. The Morgan fingerprint density at radius 3 is 2.28 bits per heavy atom. The van der Waals surface area contributed by atoms with Crippen LogP contribution in [0.5, 0.6) is 0 Å². The van der Waals surface area contributed by atoms with E-state index in [-0.39, 0.29) is 11.7 Å².